The van der Waals surface area contributed by atoms with Crippen molar-refractivity contribution >= 4 is 11.3 Å². The van der Waals surface area contributed by atoms with Crippen molar-refractivity contribution in [2.45, 2.75) is 24.6 Å². The molecule has 1 aliphatic carbocycles. The van der Waals surface area contributed by atoms with Gasteiger partial charge in [-0.15, -0.1) is 0 Å². The van der Waals surface area contributed by atoms with Crippen LogP contribution in [-0.2, 0) is 5.54 Å². The molecule has 19 heavy (non-hydrogen) atoms. The predicted octanol–water partition coefficient (Wildman–Crippen LogP) is 2.03. The average molecular weight is 269 g/mol. The molecular formula is C12H10F3N3O. The summed E-state index contributed by atoms with van der Waals surface area (Å²) in [7, 11) is 0. The lowest BCUT2D eigenvalue weighted by Gasteiger charge is -2.06. The van der Waals surface area contributed by atoms with Crippen LogP contribution in [0.15, 0.2) is 24.4 Å². The quantitative estimate of drug-likeness (QED) is 0.848. The zero-order chi connectivity index (χ0) is 13.8. The molecular weight excluding hydrogens is 259 g/mol. The molecule has 0 amide bonds. The molecule has 2 aromatic heterocycles. The summed E-state index contributed by atoms with van der Waals surface area (Å²) >= 11 is 0. The Bertz CT molecular complexity index is 670. The van der Waals surface area contributed by atoms with Crippen molar-refractivity contribution in [2.24, 2.45) is 5.73 Å². The number of fused-ring (bicyclic) bond motifs is 1. The largest absolute Gasteiger partial charge is 0.456 e. The number of hydrogen-bond donors (Lipinski definition) is 1. The summed E-state index contributed by atoms with van der Waals surface area (Å²) in [6, 6.07) is 4.65. The number of imidazole rings is 1. The van der Waals surface area contributed by atoms with E-state index in [0.717, 1.165) is 0 Å². The van der Waals surface area contributed by atoms with E-state index >= 15 is 0 Å². The van der Waals surface area contributed by atoms with Crippen LogP contribution >= 0.6 is 0 Å². The van der Waals surface area contributed by atoms with Crippen molar-refractivity contribution in [3.05, 3.63) is 35.9 Å². The Morgan fingerprint density at radius 3 is 2.63 bits per heavy atom. The fraction of sp³-hybridized carbons (Fsp3) is 0.333. The molecule has 7 heteroatoms. The monoisotopic (exact) mass is 269 g/mol. The molecule has 0 radical (unpaired) electrons. The summed E-state index contributed by atoms with van der Waals surface area (Å²) in [5, 5.41) is 0. The summed E-state index contributed by atoms with van der Waals surface area (Å²) < 4.78 is 39.1. The average Bonchev–Trinajstić information content (AvgIpc) is 2.97. The summed E-state index contributed by atoms with van der Waals surface area (Å²) in [5.74, 6) is -1.62. The van der Waals surface area contributed by atoms with Gasteiger partial charge in [-0.25, -0.2) is 4.98 Å². The van der Waals surface area contributed by atoms with Crippen LogP contribution in [0.4, 0.5) is 13.2 Å². The molecule has 0 atom stereocenters. The number of Topliss-reactive ketones (excluding diaryl/α,β-unsaturated/α-hetero) is 1. The van der Waals surface area contributed by atoms with Gasteiger partial charge in [-0.2, -0.15) is 13.2 Å². The van der Waals surface area contributed by atoms with Crippen LogP contribution in [-0.4, -0.2) is 21.3 Å². The molecule has 1 aliphatic rings. The smallest absolute Gasteiger partial charge is 0.319 e. The van der Waals surface area contributed by atoms with Gasteiger partial charge < -0.3 is 10.1 Å². The van der Waals surface area contributed by atoms with Gasteiger partial charge in [0.05, 0.1) is 11.1 Å². The number of aromatic nitrogens is 2. The van der Waals surface area contributed by atoms with Crippen LogP contribution in [0.2, 0.25) is 0 Å². The highest BCUT2D eigenvalue weighted by Gasteiger charge is 2.47. The number of pyridine rings is 1. The normalized spacial score (nSPS) is 17.7. The lowest BCUT2D eigenvalue weighted by atomic mass is 10.2. The Morgan fingerprint density at radius 1 is 1.37 bits per heavy atom. The van der Waals surface area contributed by atoms with Gasteiger partial charge in [0.25, 0.3) is 5.78 Å². The Balaban J connectivity index is 2.24. The number of halogens is 3. The van der Waals surface area contributed by atoms with E-state index in [1.165, 1.54) is 10.5 Å². The molecule has 2 aromatic rings. The minimum Gasteiger partial charge on any atom is -0.319 e. The number of hydrogen-bond acceptors (Lipinski definition) is 3. The molecule has 0 spiro atoms. The number of nitrogens with two attached hydrogens (primary N) is 1. The van der Waals surface area contributed by atoms with Crippen LogP contribution in [0.3, 0.4) is 0 Å². The summed E-state index contributed by atoms with van der Waals surface area (Å²) in [6.45, 7) is 0. The second kappa shape index (κ2) is 3.57. The maximum atomic E-state index is 12.6. The Morgan fingerprint density at radius 2 is 2.05 bits per heavy atom. The maximum Gasteiger partial charge on any atom is 0.456 e. The molecule has 0 bridgehead atoms. The molecule has 1 fully saturated rings. The van der Waals surface area contributed by atoms with E-state index in [9.17, 15) is 18.0 Å². The van der Waals surface area contributed by atoms with Gasteiger partial charge in [-0.3, -0.25) is 4.79 Å². The van der Waals surface area contributed by atoms with E-state index in [-0.39, 0.29) is 5.52 Å². The van der Waals surface area contributed by atoms with Crippen LogP contribution in [0.1, 0.15) is 29.2 Å². The van der Waals surface area contributed by atoms with Crippen molar-refractivity contribution in [1.29, 1.82) is 0 Å². The number of rotatable bonds is 2. The number of alkyl halides is 3. The van der Waals surface area contributed by atoms with Gasteiger partial charge in [0.15, 0.2) is 0 Å². The zero-order valence-electron chi connectivity index (χ0n) is 9.74. The molecule has 1 saturated carbocycles. The van der Waals surface area contributed by atoms with Crippen molar-refractivity contribution in [2.75, 3.05) is 0 Å². The first-order valence-corrected chi connectivity index (χ1v) is 5.71. The topological polar surface area (TPSA) is 60.4 Å². The molecule has 0 saturated heterocycles. The maximum absolute atomic E-state index is 12.6. The van der Waals surface area contributed by atoms with Crippen LogP contribution in [0.25, 0.3) is 5.52 Å². The van der Waals surface area contributed by atoms with E-state index in [1.807, 2.05) is 0 Å². The van der Waals surface area contributed by atoms with E-state index in [0.29, 0.717) is 18.7 Å². The first kappa shape index (κ1) is 12.2. The molecule has 100 valence electrons. The van der Waals surface area contributed by atoms with Crippen molar-refractivity contribution < 1.29 is 18.0 Å². The second-order valence-corrected chi connectivity index (χ2v) is 4.72. The third-order valence-electron chi connectivity index (χ3n) is 3.25. The van der Waals surface area contributed by atoms with Gasteiger partial charge in [-0.1, -0.05) is 6.07 Å². The number of nitrogens with zero attached hydrogens (tertiary/aromatic N) is 2. The fourth-order valence-electron chi connectivity index (χ4n) is 2.05. The lowest BCUT2D eigenvalue weighted by Crippen LogP contribution is -2.24. The summed E-state index contributed by atoms with van der Waals surface area (Å²) in [6.07, 6.45) is -2.06. The van der Waals surface area contributed by atoms with Crippen LogP contribution < -0.4 is 5.73 Å². The van der Waals surface area contributed by atoms with E-state index in [4.69, 9.17) is 5.73 Å². The number of carbonyl (C=O) groups is 1. The van der Waals surface area contributed by atoms with Gasteiger partial charge in [-0.05, 0) is 25.0 Å². The third kappa shape index (κ3) is 1.81. The SMILES string of the molecule is NC1(c2nc(C(=O)C(F)(F)F)c3ccccn23)CC1. The molecule has 2 heterocycles. The molecule has 0 aliphatic heterocycles. The Labute approximate surface area is 106 Å². The lowest BCUT2D eigenvalue weighted by molar-refractivity contribution is -0.0887. The number of ketones is 1. The van der Waals surface area contributed by atoms with Crippen molar-refractivity contribution in [1.82, 2.24) is 9.38 Å². The highest BCUT2D eigenvalue weighted by atomic mass is 19.4. The van der Waals surface area contributed by atoms with Gasteiger partial charge in [0, 0.05) is 6.20 Å². The fourth-order valence-corrected chi connectivity index (χ4v) is 2.05. The highest BCUT2D eigenvalue weighted by Crippen LogP contribution is 2.42. The van der Waals surface area contributed by atoms with Gasteiger partial charge >= 0.3 is 6.18 Å². The third-order valence-corrected chi connectivity index (χ3v) is 3.25. The first-order chi connectivity index (χ1) is 8.83. The van der Waals surface area contributed by atoms with Crippen molar-refractivity contribution in [3.8, 4) is 0 Å². The molecule has 3 rings (SSSR count). The van der Waals surface area contributed by atoms with Gasteiger partial charge in [0.1, 0.15) is 11.5 Å². The van der Waals surface area contributed by atoms with E-state index < -0.39 is 23.2 Å². The molecule has 4 nitrogen and oxygen atoms in total. The molecule has 0 unspecified atom stereocenters. The minimum absolute atomic E-state index is 0.136. The highest BCUT2D eigenvalue weighted by molar-refractivity contribution is 6.04. The summed E-state index contributed by atoms with van der Waals surface area (Å²) in [5.41, 5.74) is 4.82. The standard InChI is InChI=1S/C12H10F3N3O/c13-12(14,15)9(19)8-7-3-1-2-6-18(7)10(17-8)11(16)4-5-11/h1-3,6H,4-5,16H2. The number of carbonyl (C=O) groups excluding carboxylic acids is 1. The van der Waals surface area contributed by atoms with Crippen molar-refractivity contribution in [3.63, 3.8) is 0 Å². The predicted molar refractivity (Wildman–Crippen MR) is 60.7 cm³/mol. The Kier molecular flexibility index (Phi) is 2.28. The molecule has 2 N–H and O–H groups in total. The minimum atomic E-state index is -4.94. The van der Waals surface area contributed by atoms with Gasteiger partial charge in [0.2, 0.25) is 0 Å². The first-order valence-electron chi connectivity index (χ1n) is 5.71. The zero-order valence-corrected chi connectivity index (χ0v) is 9.74. The second-order valence-electron chi connectivity index (χ2n) is 4.72. The molecule has 0 aromatic carbocycles. The summed E-state index contributed by atoms with van der Waals surface area (Å²) in [4.78, 5) is 15.3. The van der Waals surface area contributed by atoms with Crippen LogP contribution in [0, 0.1) is 0 Å². The Hall–Kier alpha value is -1.89. The van der Waals surface area contributed by atoms with Crippen LogP contribution in [0.5, 0.6) is 0 Å². The van der Waals surface area contributed by atoms with E-state index in [2.05, 4.69) is 4.98 Å². The van der Waals surface area contributed by atoms with E-state index in [1.54, 1.807) is 18.3 Å².